The van der Waals surface area contributed by atoms with E-state index in [9.17, 15) is 4.79 Å². The van der Waals surface area contributed by atoms with Gasteiger partial charge in [0.05, 0.1) is 5.92 Å². The average molecular weight is 275 g/mol. The van der Waals surface area contributed by atoms with E-state index in [1.165, 1.54) is 17.8 Å². The first kappa shape index (κ1) is 12.7. The fraction of sp³-hybridized carbons (Fsp3) is 0.700. The molecule has 1 aromatic rings. The minimum atomic E-state index is -0.0253. The number of hydrogen-bond acceptors (Lipinski definition) is 5. The molecule has 7 heteroatoms. The van der Waals surface area contributed by atoms with Gasteiger partial charge in [-0.25, -0.2) is 0 Å². The second kappa shape index (κ2) is 4.88. The number of carbonyl (C=O) groups excluding carboxylic acids is 1. The largest absolute Gasteiger partial charge is 0.327 e. The Balaban J connectivity index is 0.00000108. The Morgan fingerprint density at radius 2 is 2.24 bits per heavy atom. The van der Waals surface area contributed by atoms with Crippen molar-refractivity contribution in [2.45, 2.75) is 25.3 Å². The van der Waals surface area contributed by atoms with Crippen molar-refractivity contribution in [3.05, 3.63) is 5.51 Å². The molecule has 94 valence electrons. The van der Waals surface area contributed by atoms with Crippen molar-refractivity contribution in [1.29, 1.82) is 0 Å². The molecule has 2 saturated carbocycles. The molecule has 0 aliphatic heterocycles. The van der Waals surface area contributed by atoms with E-state index in [1.54, 1.807) is 5.51 Å². The first-order valence-electron chi connectivity index (χ1n) is 5.58. The number of carbonyl (C=O) groups is 1. The molecular formula is C10H15ClN4OS. The lowest BCUT2D eigenvalue weighted by molar-refractivity contribution is -0.121. The van der Waals surface area contributed by atoms with Crippen molar-refractivity contribution in [3.63, 3.8) is 0 Å². The molecule has 2 bridgehead atoms. The van der Waals surface area contributed by atoms with E-state index in [4.69, 9.17) is 5.73 Å². The van der Waals surface area contributed by atoms with Crippen LogP contribution >= 0.6 is 23.7 Å². The zero-order valence-electron chi connectivity index (χ0n) is 9.20. The smallest absolute Gasteiger partial charge is 0.231 e. The van der Waals surface area contributed by atoms with Crippen LogP contribution in [0.1, 0.15) is 19.3 Å². The van der Waals surface area contributed by atoms with Crippen LogP contribution in [0.3, 0.4) is 0 Å². The summed E-state index contributed by atoms with van der Waals surface area (Å²) in [5.41, 5.74) is 7.71. The lowest BCUT2D eigenvalue weighted by Gasteiger charge is -2.26. The summed E-state index contributed by atoms with van der Waals surface area (Å²) in [6.07, 6.45) is 3.45. The van der Waals surface area contributed by atoms with Crippen molar-refractivity contribution in [2.75, 3.05) is 5.32 Å². The summed E-state index contributed by atoms with van der Waals surface area (Å²) in [6.45, 7) is 0. The summed E-state index contributed by atoms with van der Waals surface area (Å²) < 4.78 is 0. The number of fused-ring (bicyclic) bond motifs is 2. The Bertz CT molecular complexity index is 397. The molecule has 0 saturated heterocycles. The number of hydrogen-bond donors (Lipinski definition) is 2. The normalized spacial score (nSPS) is 34.4. The predicted molar refractivity (Wildman–Crippen MR) is 68.1 cm³/mol. The Labute approximate surface area is 110 Å². The third-order valence-electron chi connectivity index (χ3n) is 3.87. The Morgan fingerprint density at radius 1 is 1.47 bits per heavy atom. The Morgan fingerprint density at radius 3 is 2.82 bits per heavy atom. The molecule has 0 aromatic carbocycles. The number of rotatable bonds is 2. The molecule has 1 amide bonds. The maximum atomic E-state index is 12.1. The van der Waals surface area contributed by atoms with Gasteiger partial charge in [-0.05, 0) is 31.1 Å². The lowest BCUT2D eigenvalue weighted by Crippen LogP contribution is -2.42. The molecule has 4 atom stereocenters. The van der Waals surface area contributed by atoms with Crippen LogP contribution in [-0.4, -0.2) is 22.1 Å². The van der Waals surface area contributed by atoms with Crippen LogP contribution in [0, 0.1) is 17.8 Å². The van der Waals surface area contributed by atoms with Gasteiger partial charge in [0.25, 0.3) is 0 Å². The maximum absolute atomic E-state index is 12.1. The number of anilines is 1. The van der Waals surface area contributed by atoms with E-state index in [0.29, 0.717) is 17.0 Å². The Kier molecular flexibility index (Phi) is 3.65. The monoisotopic (exact) mass is 274 g/mol. The summed E-state index contributed by atoms with van der Waals surface area (Å²) >= 11 is 1.34. The molecule has 3 rings (SSSR count). The van der Waals surface area contributed by atoms with Crippen LogP contribution < -0.4 is 11.1 Å². The highest BCUT2D eigenvalue weighted by Gasteiger charge is 2.49. The number of nitrogens with zero attached hydrogens (tertiary/aromatic N) is 2. The van der Waals surface area contributed by atoms with Gasteiger partial charge in [0.1, 0.15) is 5.51 Å². The van der Waals surface area contributed by atoms with Crippen molar-refractivity contribution in [3.8, 4) is 0 Å². The number of halogens is 1. The van der Waals surface area contributed by atoms with Crippen LogP contribution in [0.2, 0.25) is 0 Å². The van der Waals surface area contributed by atoms with E-state index in [1.807, 2.05) is 0 Å². The quantitative estimate of drug-likeness (QED) is 0.851. The highest BCUT2D eigenvalue weighted by Crippen LogP contribution is 2.47. The summed E-state index contributed by atoms with van der Waals surface area (Å²) in [5, 5.41) is 10.9. The van der Waals surface area contributed by atoms with Gasteiger partial charge >= 0.3 is 0 Å². The minimum absolute atomic E-state index is 0. The first-order valence-corrected chi connectivity index (χ1v) is 6.46. The zero-order valence-corrected chi connectivity index (χ0v) is 10.8. The third kappa shape index (κ3) is 2.17. The summed E-state index contributed by atoms with van der Waals surface area (Å²) in [5.74, 6) is 1.03. The van der Waals surface area contributed by atoms with Crippen LogP contribution in [0.15, 0.2) is 5.51 Å². The predicted octanol–water partition coefficient (Wildman–Crippen LogP) is 1.27. The number of nitrogens with two attached hydrogens (primary N) is 1. The molecule has 2 fully saturated rings. The summed E-state index contributed by atoms with van der Waals surface area (Å²) in [6, 6.07) is 0.0340. The van der Waals surface area contributed by atoms with Crippen LogP contribution in [0.5, 0.6) is 0 Å². The molecule has 2 aliphatic carbocycles. The number of amides is 1. The van der Waals surface area contributed by atoms with Gasteiger partial charge in [0.2, 0.25) is 11.0 Å². The SMILES string of the molecule is Cl.NC1C2CCC(C2)C1C(=O)Nc1nncs1. The van der Waals surface area contributed by atoms with Crippen molar-refractivity contribution < 1.29 is 4.79 Å². The maximum Gasteiger partial charge on any atom is 0.231 e. The molecule has 0 radical (unpaired) electrons. The molecule has 5 nitrogen and oxygen atoms in total. The second-order valence-corrected chi connectivity index (χ2v) is 5.50. The average Bonchev–Trinajstić information content (AvgIpc) is 2.92. The van der Waals surface area contributed by atoms with Crippen molar-refractivity contribution in [1.82, 2.24) is 10.2 Å². The molecule has 1 heterocycles. The van der Waals surface area contributed by atoms with Gasteiger partial charge in [-0.15, -0.1) is 22.6 Å². The number of nitrogens with one attached hydrogen (secondary N) is 1. The fourth-order valence-corrected chi connectivity index (χ4v) is 3.59. The van der Waals surface area contributed by atoms with Crippen molar-refractivity contribution in [2.24, 2.45) is 23.5 Å². The van der Waals surface area contributed by atoms with Gasteiger partial charge in [-0.3, -0.25) is 4.79 Å². The molecule has 2 aliphatic rings. The van der Waals surface area contributed by atoms with E-state index < -0.39 is 0 Å². The minimum Gasteiger partial charge on any atom is -0.327 e. The van der Waals surface area contributed by atoms with Gasteiger partial charge in [-0.2, -0.15) is 0 Å². The number of aromatic nitrogens is 2. The standard InChI is InChI=1S/C10H14N4OS.ClH/c11-8-6-2-1-5(3-6)7(8)9(15)13-10-14-12-4-16-10;/h4-8H,1-3,11H2,(H,13,14,15);1H. The highest BCUT2D eigenvalue weighted by molar-refractivity contribution is 7.13. The van der Waals surface area contributed by atoms with Crippen molar-refractivity contribution >= 4 is 34.8 Å². The first-order chi connectivity index (χ1) is 7.75. The topological polar surface area (TPSA) is 80.9 Å². The highest BCUT2D eigenvalue weighted by atomic mass is 35.5. The lowest BCUT2D eigenvalue weighted by atomic mass is 9.84. The fourth-order valence-electron chi connectivity index (χ4n) is 3.14. The third-order valence-corrected chi connectivity index (χ3v) is 4.48. The Hall–Kier alpha value is -0.720. The molecule has 17 heavy (non-hydrogen) atoms. The van der Waals surface area contributed by atoms with E-state index >= 15 is 0 Å². The van der Waals surface area contributed by atoms with Gasteiger partial charge in [0, 0.05) is 6.04 Å². The van der Waals surface area contributed by atoms with Crippen LogP contribution in [-0.2, 0) is 4.79 Å². The van der Waals surface area contributed by atoms with Gasteiger partial charge in [-0.1, -0.05) is 11.3 Å². The molecule has 0 spiro atoms. The van der Waals surface area contributed by atoms with Crippen LogP contribution in [0.4, 0.5) is 5.13 Å². The van der Waals surface area contributed by atoms with E-state index in [0.717, 1.165) is 12.8 Å². The van der Waals surface area contributed by atoms with E-state index in [-0.39, 0.29) is 30.3 Å². The van der Waals surface area contributed by atoms with Gasteiger partial charge in [0.15, 0.2) is 0 Å². The molecule has 4 unspecified atom stereocenters. The summed E-state index contributed by atoms with van der Waals surface area (Å²) in [7, 11) is 0. The summed E-state index contributed by atoms with van der Waals surface area (Å²) in [4.78, 5) is 12.1. The van der Waals surface area contributed by atoms with E-state index in [2.05, 4.69) is 15.5 Å². The van der Waals surface area contributed by atoms with Gasteiger partial charge < -0.3 is 11.1 Å². The molecular weight excluding hydrogens is 260 g/mol. The second-order valence-electron chi connectivity index (χ2n) is 4.67. The molecule has 1 aromatic heterocycles. The zero-order chi connectivity index (χ0) is 11.1. The molecule has 3 N–H and O–H groups in total. The van der Waals surface area contributed by atoms with Crippen LogP contribution in [0.25, 0.3) is 0 Å².